The summed E-state index contributed by atoms with van der Waals surface area (Å²) in [5.41, 5.74) is 6.85. The number of likely N-dealkylation sites (N-methyl/N-ethyl adjacent to an activating group) is 2. The van der Waals surface area contributed by atoms with Crippen molar-refractivity contribution < 1.29 is 0 Å². The van der Waals surface area contributed by atoms with Crippen molar-refractivity contribution in [2.45, 2.75) is 51.6 Å². The first-order valence-electron chi connectivity index (χ1n) is 8.15. The lowest BCUT2D eigenvalue weighted by Gasteiger charge is -2.50. The summed E-state index contributed by atoms with van der Waals surface area (Å²) in [5.74, 6) is 2.47. The fourth-order valence-corrected chi connectivity index (χ4v) is 5.65. The van der Waals surface area contributed by atoms with E-state index in [2.05, 4.69) is 49.4 Å². The summed E-state index contributed by atoms with van der Waals surface area (Å²) in [6.45, 7) is 11.5. The van der Waals surface area contributed by atoms with E-state index in [9.17, 15) is 0 Å². The summed E-state index contributed by atoms with van der Waals surface area (Å²) >= 11 is 2.09. The molecule has 2 aliphatic rings. The molecule has 0 bridgehead atoms. The molecule has 2 rings (SSSR count). The summed E-state index contributed by atoms with van der Waals surface area (Å²) in [7, 11) is 2.31. The fourth-order valence-electron chi connectivity index (χ4n) is 4.07. The van der Waals surface area contributed by atoms with Gasteiger partial charge >= 0.3 is 0 Å². The molecule has 2 N–H and O–H groups in total. The summed E-state index contributed by atoms with van der Waals surface area (Å²) in [6, 6.07) is 0.739. The van der Waals surface area contributed by atoms with Crippen LogP contribution in [-0.2, 0) is 0 Å². The number of likely N-dealkylation sites (tertiary alicyclic amines) is 1. The van der Waals surface area contributed by atoms with Crippen LogP contribution in [-0.4, -0.2) is 66.1 Å². The average molecular weight is 300 g/mol. The average Bonchev–Trinajstić information content (AvgIpc) is 2.84. The number of nitrogens with two attached hydrogens (primary N) is 1. The highest BCUT2D eigenvalue weighted by Crippen LogP contribution is 2.41. The highest BCUT2D eigenvalue weighted by molar-refractivity contribution is 7.99. The van der Waals surface area contributed by atoms with Gasteiger partial charge in [0.25, 0.3) is 0 Å². The number of rotatable bonds is 5. The molecule has 3 nitrogen and oxygen atoms in total. The van der Waals surface area contributed by atoms with E-state index in [0.29, 0.717) is 5.41 Å². The maximum atomic E-state index is 6.23. The minimum absolute atomic E-state index is 0.203. The molecular formula is C16H33N3S. The van der Waals surface area contributed by atoms with Crippen molar-refractivity contribution in [3.8, 4) is 0 Å². The predicted molar refractivity (Wildman–Crippen MR) is 90.4 cm³/mol. The van der Waals surface area contributed by atoms with Crippen molar-refractivity contribution in [3.63, 3.8) is 0 Å². The zero-order chi connectivity index (χ0) is 14.8. The SMILES string of the molecule is CCN1CCCC1CN(C)C1(CN)CSCC(C)(C)C1. The molecule has 0 amide bonds. The molecule has 0 saturated carbocycles. The third-order valence-electron chi connectivity index (χ3n) is 5.25. The lowest BCUT2D eigenvalue weighted by Crippen LogP contribution is -2.60. The molecule has 0 spiro atoms. The van der Waals surface area contributed by atoms with Gasteiger partial charge in [-0.15, -0.1) is 0 Å². The Morgan fingerprint density at radius 3 is 2.70 bits per heavy atom. The van der Waals surface area contributed by atoms with Crippen LogP contribution in [0, 0.1) is 5.41 Å². The van der Waals surface area contributed by atoms with Crippen molar-refractivity contribution in [1.29, 1.82) is 0 Å². The molecule has 2 aliphatic heterocycles. The van der Waals surface area contributed by atoms with Gasteiger partial charge in [-0.2, -0.15) is 11.8 Å². The molecule has 0 aromatic carbocycles. The lowest BCUT2D eigenvalue weighted by molar-refractivity contribution is 0.0689. The normalized spacial score (nSPS) is 34.8. The van der Waals surface area contributed by atoms with Crippen molar-refractivity contribution >= 4 is 11.8 Å². The van der Waals surface area contributed by atoms with Crippen LogP contribution in [0.5, 0.6) is 0 Å². The topological polar surface area (TPSA) is 32.5 Å². The van der Waals surface area contributed by atoms with Crippen LogP contribution in [0.25, 0.3) is 0 Å². The summed E-state index contributed by atoms with van der Waals surface area (Å²) in [4.78, 5) is 5.24. The van der Waals surface area contributed by atoms with Crippen molar-refractivity contribution in [1.82, 2.24) is 9.80 Å². The highest BCUT2D eigenvalue weighted by atomic mass is 32.2. The van der Waals surface area contributed by atoms with Crippen molar-refractivity contribution in [3.05, 3.63) is 0 Å². The number of hydrogen-bond donors (Lipinski definition) is 1. The van der Waals surface area contributed by atoms with Crippen LogP contribution >= 0.6 is 11.8 Å². The molecule has 0 aromatic heterocycles. The van der Waals surface area contributed by atoms with Gasteiger partial charge in [0.15, 0.2) is 0 Å². The second-order valence-electron chi connectivity index (χ2n) is 7.57. The van der Waals surface area contributed by atoms with E-state index >= 15 is 0 Å². The Morgan fingerprint density at radius 1 is 1.35 bits per heavy atom. The van der Waals surface area contributed by atoms with E-state index in [1.165, 1.54) is 50.4 Å². The van der Waals surface area contributed by atoms with Crippen LogP contribution in [0.1, 0.15) is 40.0 Å². The molecule has 118 valence electrons. The van der Waals surface area contributed by atoms with Crippen molar-refractivity contribution in [2.75, 3.05) is 44.7 Å². The fraction of sp³-hybridized carbons (Fsp3) is 1.00. The third kappa shape index (κ3) is 3.52. The molecule has 20 heavy (non-hydrogen) atoms. The second kappa shape index (κ2) is 6.55. The molecule has 0 aromatic rings. The zero-order valence-electron chi connectivity index (χ0n) is 13.8. The molecule has 2 heterocycles. The Morgan fingerprint density at radius 2 is 2.10 bits per heavy atom. The maximum absolute atomic E-state index is 6.23. The maximum Gasteiger partial charge on any atom is 0.0424 e. The molecular weight excluding hydrogens is 266 g/mol. The first-order chi connectivity index (χ1) is 9.42. The van der Waals surface area contributed by atoms with Crippen LogP contribution < -0.4 is 5.73 Å². The monoisotopic (exact) mass is 299 g/mol. The largest absolute Gasteiger partial charge is 0.329 e. The number of nitrogens with zero attached hydrogens (tertiary/aromatic N) is 2. The minimum atomic E-state index is 0.203. The molecule has 4 heteroatoms. The predicted octanol–water partition coefficient (Wildman–Crippen LogP) is 2.26. The van der Waals surface area contributed by atoms with Gasteiger partial charge in [-0.05, 0) is 50.6 Å². The molecule has 2 unspecified atom stereocenters. The quantitative estimate of drug-likeness (QED) is 0.844. The Kier molecular flexibility index (Phi) is 5.44. The Hall–Kier alpha value is 0.230. The second-order valence-corrected chi connectivity index (χ2v) is 8.55. The molecule has 0 aliphatic carbocycles. The molecule has 2 saturated heterocycles. The number of thioether (sulfide) groups is 1. The molecule has 2 fully saturated rings. The highest BCUT2D eigenvalue weighted by Gasteiger charge is 2.43. The Bertz CT molecular complexity index is 321. The molecule has 0 radical (unpaired) electrons. The van der Waals surface area contributed by atoms with E-state index in [1.807, 2.05) is 0 Å². The first-order valence-corrected chi connectivity index (χ1v) is 9.31. The van der Waals surface area contributed by atoms with Crippen molar-refractivity contribution in [2.24, 2.45) is 11.1 Å². The smallest absolute Gasteiger partial charge is 0.0424 e. The summed E-state index contributed by atoms with van der Waals surface area (Å²) in [5, 5.41) is 0. The van der Waals surface area contributed by atoms with Gasteiger partial charge in [0.1, 0.15) is 0 Å². The van der Waals surface area contributed by atoms with Gasteiger partial charge < -0.3 is 5.73 Å². The van der Waals surface area contributed by atoms with Gasteiger partial charge in [-0.1, -0.05) is 20.8 Å². The summed E-state index contributed by atoms with van der Waals surface area (Å²) in [6.07, 6.45) is 3.95. The van der Waals surface area contributed by atoms with Gasteiger partial charge in [0, 0.05) is 30.4 Å². The van der Waals surface area contributed by atoms with Crippen LogP contribution in [0.15, 0.2) is 0 Å². The summed E-state index contributed by atoms with van der Waals surface area (Å²) < 4.78 is 0. The van der Waals surface area contributed by atoms with E-state index < -0.39 is 0 Å². The van der Waals surface area contributed by atoms with E-state index in [4.69, 9.17) is 5.73 Å². The number of hydrogen-bond acceptors (Lipinski definition) is 4. The van der Waals surface area contributed by atoms with E-state index in [-0.39, 0.29) is 5.54 Å². The first kappa shape index (κ1) is 16.6. The van der Waals surface area contributed by atoms with Crippen LogP contribution in [0.2, 0.25) is 0 Å². The van der Waals surface area contributed by atoms with Gasteiger partial charge in [0.2, 0.25) is 0 Å². The molecule has 2 atom stereocenters. The standard InChI is InChI=1S/C16H33N3S/c1-5-19-8-6-7-14(19)9-18(4)16(11-17)10-15(2,3)12-20-13-16/h14H,5-13,17H2,1-4H3. The van der Waals surface area contributed by atoms with Gasteiger partial charge in [-0.3, -0.25) is 9.80 Å². The Labute approximate surface area is 129 Å². The van der Waals surface area contributed by atoms with Crippen LogP contribution in [0.3, 0.4) is 0 Å². The van der Waals surface area contributed by atoms with Gasteiger partial charge in [0.05, 0.1) is 0 Å². The van der Waals surface area contributed by atoms with E-state index in [0.717, 1.165) is 12.6 Å². The Balaban J connectivity index is 2.03. The minimum Gasteiger partial charge on any atom is -0.329 e. The van der Waals surface area contributed by atoms with Crippen LogP contribution in [0.4, 0.5) is 0 Å². The zero-order valence-corrected chi connectivity index (χ0v) is 14.6. The lowest BCUT2D eigenvalue weighted by atomic mass is 9.78. The third-order valence-corrected chi connectivity index (χ3v) is 6.98. The van der Waals surface area contributed by atoms with Gasteiger partial charge in [-0.25, -0.2) is 0 Å². The van der Waals surface area contributed by atoms with E-state index in [1.54, 1.807) is 0 Å².